The SMILES string of the molecule is CCC1CN(C)c2cccc(/[CH]=[Ru]/[CH]3N(c4c(C(C)C)cccc4C(C)C)CCN3c3c(C(C)C)cccc3C(C)C)c2O1.Cl. The molecule has 0 aliphatic carbocycles. The van der Waals surface area contributed by atoms with E-state index in [1.165, 1.54) is 44.9 Å². The van der Waals surface area contributed by atoms with Crippen LogP contribution in [0.15, 0.2) is 54.6 Å². The summed E-state index contributed by atoms with van der Waals surface area (Å²) < 4.78 is 9.47. The first kappa shape index (κ1) is 35.5. The van der Waals surface area contributed by atoms with Gasteiger partial charge in [-0.1, -0.05) is 0 Å². The van der Waals surface area contributed by atoms with Crippen LogP contribution in [0.5, 0.6) is 5.75 Å². The van der Waals surface area contributed by atoms with Crippen molar-refractivity contribution in [3.63, 3.8) is 0 Å². The number of para-hydroxylation sites is 3. The molecule has 0 radical (unpaired) electrons. The van der Waals surface area contributed by atoms with Gasteiger partial charge in [-0.15, -0.1) is 12.4 Å². The van der Waals surface area contributed by atoms with Crippen molar-refractivity contribution >= 4 is 34.1 Å². The summed E-state index contributed by atoms with van der Waals surface area (Å²) in [6.07, 6.45) is 1.25. The molecule has 2 aliphatic rings. The van der Waals surface area contributed by atoms with E-state index in [2.05, 4.69) is 143 Å². The van der Waals surface area contributed by atoms with Crippen LogP contribution < -0.4 is 19.4 Å². The molecule has 247 valence electrons. The summed E-state index contributed by atoms with van der Waals surface area (Å²) in [6.45, 7) is 24.1. The van der Waals surface area contributed by atoms with Crippen molar-refractivity contribution in [1.82, 2.24) is 0 Å². The van der Waals surface area contributed by atoms with Crippen LogP contribution in [0.25, 0.3) is 0 Å². The minimum Gasteiger partial charge on any atom is -0.147 e. The van der Waals surface area contributed by atoms with Gasteiger partial charge in [0.25, 0.3) is 0 Å². The fourth-order valence-corrected chi connectivity index (χ4v) is 9.31. The fourth-order valence-electron chi connectivity index (χ4n) is 6.82. The predicted octanol–water partition coefficient (Wildman–Crippen LogP) is 9.75. The fraction of sp³-hybridized carbons (Fsp3) is 0.513. The van der Waals surface area contributed by atoms with E-state index in [0.29, 0.717) is 23.7 Å². The van der Waals surface area contributed by atoms with Crippen LogP contribution in [0.4, 0.5) is 17.1 Å². The molecule has 3 aromatic rings. The Kier molecular flexibility index (Phi) is 11.9. The third-order valence-corrected chi connectivity index (χ3v) is 11.7. The average molecular weight is 718 g/mol. The topological polar surface area (TPSA) is 19.0 Å². The van der Waals surface area contributed by atoms with Gasteiger partial charge in [-0.3, -0.25) is 0 Å². The second-order valence-electron chi connectivity index (χ2n) is 13.8. The molecule has 5 rings (SSSR count). The minimum absolute atomic E-state index is 0. The van der Waals surface area contributed by atoms with Gasteiger partial charge >= 0.3 is 276 Å². The zero-order valence-corrected chi connectivity index (χ0v) is 31.6. The Bertz CT molecular complexity index is 1360. The van der Waals surface area contributed by atoms with Crippen LogP contribution in [0.2, 0.25) is 0 Å². The molecule has 0 aromatic heterocycles. The number of hydrogen-bond donors (Lipinski definition) is 0. The van der Waals surface area contributed by atoms with Crippen LogP contribution in [0.1, 0.15) is 120 Å². The van der Waals surface area contributed by atoms with E-state index in [4.69, 9.17) is 4.74 Å². The first-order chi connectivity index (χ1) is 21.0. The predicted molar refractivity (Wildman–Crippen MR) is 195 cm³/mol. The zero-order chi connectivity index (χ0) is 31.7. The molecule has 1 atom stereocenters. The Hall–Kier alpha value is -2.36. The zero-order valence-electron chi connectivity index (χ0n) is 29.1. The molecule has 2 aliphatic heterocycles. The van der Waals surface area contributed by atoms with Crippen molar-refractivity contribution in [2.75, 3.05) is 41.4 Å². The molecule has 0 spiro atoms. The van der Waals surface area contributed by atoms with Gasteiger partial charge in [0.1, 0.15) is 0 Å². The molecule has 6 heteroatoms. The average Bonchev–Trinajstić information content (AvgIpc) is 3.42. The number of halogens is 1. The smallest absolute Gasteiger partial charge is 0.147 e. The molecule has 1 saturated heterocycles. The first-order valence-corrected chi connectivity index (χ1v) is 18.8. The summed E-state index contributed by atoms with van der Waals surface area (Å²) in [5.41, 5.74) is 11.3. The van der Waals surface area contributed by atoms with E-state index >= 15 is 0 Å². The van der Waals surface area contributed by atoms with E-state index < -0.39 is 0 Å². The van der Waals surface area contributed by atoms with Crippen LogP contribution in [-0.4, -0.2) is 42.2 Å². The summed E-state index contributed by atoms with van der Waals surface area (Å²) in [5.74, 6) is 2.91. The minimum atomic E-state index is -0.196. The van der Waals surface area contributed by atoms with Gasteiger partial charge in [0.15, 0.2) is 0 Å². The number of fused-ring (bicyclic) bond motifs is 1. The first-order valence-electron chi connectivity index (χ1n) is 16.7. The standard InChI is InChI=1S/C27H39N2.C12H15NO.ClH.Ru/c1-18(2)22-11-9-12-23(19(3)4)26(22)28-15-16-29(17-28)27-24(20(5)6)13-10-14-25(27)21(7)8;1-4-10-8-13(3)11-7-5-6-9(2)12(11)14-10;;/h9-14,17-21H,15-16H2,1-8H3;2,5-7,10H,4,8H2,1,3H3;1H;. The second-order valence-corrected chi connectivity index (χ2v) is 15.8. The van der Waals surface area contributed by atoms with Crippen LogP contribution in [0.3, 0.4) is 0 Å². The van der Waals surface area contributed by atoms with Crippen molar-refractivity contribution in [1.29, 1.82) is 0 Å². The molecule has 1 fully saturated rings. The van der Waals surface area contributed by atoms with Gasteiger partial charge < -0.3 is 0 Å². The van der Waals surface area contributed by atoms with Crippen LogP contribution in [0, 0.1) is 0 Å². The van der Waals surface area contributed by atoms with Gasteiger partial charge in [-0.2, -0.15) is 0 Å². The number of ether oxygens (including phenoxy) is 1. The van der Waals surface area contributed by atoms with Crippen molar-refractivity contribution in [3.05, 3.63) is 82.4 Å². The van der Waals surface area contributed by atoms with Crippen molar-refractivity contribution in [2.24, 2.45) is 0 Å². The Morgan fingerprint density at radius 1 is 0.733 bits per heavy atom. The number of benzene rings is 3. The Morgan fingerprint density at radius 3 is 1.60 bits per heavy atom. The largest absolute Gasteiger partial charge is 0.147 e. The van der Waals surface area contributed by atoms with E-state index in [1.807, 2.05) is 0 Å². The molecular formula is C39H55ClN3ORu. The Balaban J connectivity index is 0.00000461. The van der Waals surface area contributed by atoms with Gasteiger partial charge in [0.05, 0.1) is 0 Å². The quantitative estimate of drug-likeness (QED) is 0.205. The van der Waals surface area contributed by atoms with Gasteiger partial charge in [-0.25, -0.2) is 0 Å². The van der Waals surface area contributed by atoms with Crippen LogP contribution in [-0.2, 0) is 16.7 Å². The number of rotatable bonds is 9. The molecule has 3 aromatic carbocycles. The summed E-state index contributed by atoms with van der Waals surface area (Å²) in [7, 11) is 2.20. The summed E-state index contributed by atoms with van der Waals surface area (Å²) in [6, 6.07) is 20.7. The molecule has 0 saturated carbocycles. The number of anilines is 3. The maximum atomic E-state index is 6.64. The maximum Gasteiger partial charge on any atom is -0.147 e. The molecule has 0 bridgehead atoms. The Labute approximate surface area is 287 Å². The van der Waals surface area contributed by atoms with Gasteiger partial charge in [0.2, 0.25) is 0 Å². The van der Waals surface area contributed by atoms with Crippen molar-refractivity contribution < 1.29 is 21.4 Å². The summed E-state index contributed by atoms with van der Waals surface area (Å²) >= 11 is -0.196. The number of hydrogen-bond acceptors (Lipinski definition) is 4. The number of nitrogens with zero attached hydrogens (tertiary/aromatic N) is 3. The van der Waals surface area contributed by atoms with Gasteiger partial charge in [-0.05, 0) is 0 Å². The number of likely N-dealkylation sites (N-methyl/N-ethyl adjacent to an activating group) is 1. The van der Waals surface area contributed by atoms with E-state index in [-0.39, 0.29) is 39.9 Å². The molecule has 45 heavy (non-hydrogen) atoms. The molecule has 1 unspecified atom stereocenters. The second kappa shape index (κ2) is 15.0. The van der Waals surface area contributed by atoms with Crippen molar-refractivity contribution in [3.8, 4) is 5.75 Å². The normalized spacial score (nSPS) is 17.4. The monoisotopic (exact) mass is 718 g/mol. The maximum absolute atomic E-state index is 6.64. The van der Waals surface area contributed by atoms with E-state index in [9.17, 15) is 0 Å². The summed E-state index contributed by atoms with van der Waals surface area (Å²) in [4.78, 5) is 7.95. The van der Waals surface area contributed by atoms with E-state index in [1.54, 1.807) is 0 Å². The Morgan fingerprint density at radius 2 is 1.18 bits per heavy atom. The molecular weight excluding hydrogens is 663 g/mol. The molecule has 2 heterocycles. The van der Waals surface area contributed by atoms with E-state index in [0.717, 1.165) is 31.8 Å². The summed E-state index contributed by atoms with van der Waals surface area (Å²) in [5, 5.41) is 0. The molecule has 4 nitrogen and oxygen atoms in total. The third kappa shape index (κ3) is 7.15. The third-order valence-electron chi connectivity index (χ3n) is 9.27. The molecule has 0 amide bonds. The van der Waals surface area contributed by atoms with Crippen molar-refractivity contribution in [2.45, 2.75) is 103 Å². The molecule has 0 N–H and O–H groups in total. The van der Waals surface area contributed by atoms with Crippen LogP contribution >= 0.6 is 12.4 Å². The van der Waals surface area contributed by atoms with Gasteiger partial charge in [0, 0.05) is 0 Å².